The Morgan fingerprint density at radius 1 is 1.47 bits per heavy atom. The highest BCUT2D eigenvalue weighted by Crippen LogP contribution is 2.24. The van der Waals surface area contributed by atoms with Crippen LogP contribution in [0.4, 0.5) is 4.79 Å². The van der Waals surface area contributed by atoms with Crippen molar-refractivity contribution in [3.8, 4) is 0 Å². The van der Waals surface area contributed by atoms with Crippen molar-refractivity contribution in [2.24, 2.45) is 5.92 Å². The normalized spacial score (nSPS) is 26.2. The van der Waals surface area contributed by atoms with Crippen LogP contribution in [0.5, 0.6) is 0 Å². The molecule has 19 heavy (non-hydrogen) atoms. The van der Waals surface area contributed by atoms with Crippen LogP contribution in [0, 0.1) is 5.92 Å². The van der Waals surface area contributed by atoms with E-state index in [4.69, 9.17) is 4.74 Å². The highest BCUT2D eigenvalue weighted by molar-refractivity contribution is 5.74. The summed E-state index contributed by atoms with van der Waals surface area (Å²) in [6, 6.07) is 8.70. The standard InChI is InChI=1S/C14H17NO4/c1-10-12(8-16)15(7-13(10)17)14(18)19-9-11-5-3-2-4-6-11/h2-6,8,10,12-13,17H,7,9H2,1H3/t10-,12-,13-/m0/s1. The Morgan fingerprint density at radius 3 is 2.79 bits per heavy atom. The SMILES string of the molecule is C[C@@H]1[C@@H](O)CN(C(=O)OCc2ccccc2)[C@H]1C=O. The lowest BCUT2D eigenvalue weighted by molar-refractivity contribution is -0.112. The summed E-state index contributed by atoms with van der Waals surface area (Å²) in [6.45, 7) is 2.04. The predicted octanol–water partition coefficient (Wildman–Crippen LogP) is 1.20. The largest absolute Gasteiger partial charge is 0.445 e. The molecule has 1 N–H and O–H groups in total. The molecule has 0 spiro atoms. The second-order valence-electron chi connectivity index (χ2n) is 4.75. The number of likely N-dealkylation sites (tertiary alicyclic amines) is 1. The van der Waals surface area contributed by atoms with E-state index in [1.807, 2.05) is 30.3 Å². The van der Waals surface area contributed by atoms with Crippen molar-refractivity contribution >= 4 is 12.4 Å². The Balaban J connectivity index is 1.95. The maximum atomic E-state index is 11.9. The molecule has 1 heterocycles. The van der Waals surface area contributed by atoms with Gasteiger partial charge >= 0.3 is 6.09 Å². The number of ether oxygens (including phenoxy) is 1. The average Bonchev–Trinajstić information content (AvgIpc) is 2.73. The number of carbonyl (C=O) groups excluding carboxylic acids is 2. The lowest BCUT2D eigenvalue weighted by Crippen LogP contribution is -2.38. The first-order valence-electron chi connectivity index (χ1n) is 6.24. The molecule has 5 heteroatoms. The van der Waals surface area contributed by atoms with Crippen LogP contribution in [-0.4, -0.2) is 41.1 Å². The van der Waals surface area contributed by atoms with E-state index >= 15 is 0 Å². The van der Waals surface area contributed by atoms with Gasteiger partial charge in [-0.3, -0.25) is 4.90 Å². The van der Waals surface area contributed by atoms with Gasteiger partial charge in [-0.1, -0.05) is 37.3 Å². The van der Waals surface area contributed by atoms with E-state index in [0.29, 0.717) is 6.29 Å². The molecule has 0 aliphatic carbocycles. The summed E-state index contributed by atoms with van der Waals surface area (Å²) >= 11 is 0. The van der Waals surface area contributed by atoms with Crippen LogP contribution in [0.25, 0.3) is 0 Å². The molecular weight excluding hydrogens is 246 g/mol. The van der Waals surface area contributed by atoms with Gasteiger partial charge in [-0.05, 0) is 5.56 Å². The topological polar surface area (TPSA) is 66.8 Å². The molecule has 0 unspecified atom stereocenters. The Kier molecular flexibility index (Phi) is 4.16. The summed E-state index contributed by atoms with van der Waals surface area (Å²) in [6.07, 6.45) is -0.561. The highest BCUT2D eigenvalue weighted by atomic mass is 16.6. The summed E-state index contributed by atoms with van der Waals surface area (Å²) in [4.78, 5) is 24.2. The first-order valence-corrected chi connectivity index (χ1v) is 6.24. The molecule has 1 saturated heterocycles. The van der Waals surface area contributed by atoms with E-state index in [-0.39, 0.29) is 19.1 Å². The number of benzene rings is 1. The van der Waals surface area contributed by atoms with Crippen molar-refractivity contribution in [2.45, 2.75) is 25.7 Å². The summed E-state index contributed by atoms with van der Waals surface area (Å²) in [7, 11) is 0. The number of aldehydes is 1. The fourth-order valence-electron chi connectivity index (χ4n) is 2.20. The Labute approximate surface area is 111 Å². The van der Waals surface area contributed by atoms with Gasteiger partial charge in [0.15, 0.2) is 0 Å². The number of aliphatic hydroxyl groups is 1. The molecule has 1 aromatic carbocycles. The predicted molar refractivity (Wildman–Crippen MR) is 68.4 cm³/mol. The number of amides is 1. The number of hydrogen-bond donors (Lipinski definition) is 1. The number of rotatable bonds is 3. The lowest BCUT2D eigenvalue weighted by atomic mass is 10.0. The van der Waals surface area contributed by atoms with Crippen LogP contribution < -0.4 is 0 Å². The van der Waals surface area contributed by atoms with Gasteiger partial charge in [-0.15, -0.1) is 0 Å². The van der Waals surface area contributed by atoms with E-state index in [2.05, 4.69) is 0 Å². The van der Waals surface area contributed by atoms with Crippen molar-refractivity contribution in [1.82, 2.24) is 4.90 Å². The zero-order valence-corrected chi connectivity index (χ0v) is 10.7. The molecular formula is C14H17NO4. The van der Waals surface area contributed by atoms with Gasteiger partial charge < -0.3 is 14.6 Å². The smallest absolute Gasteiger partial charge is 0.410 e. The number of nitrogens with zero attached hydrogens (tertiary/aromatic N) is 1. The molecule has 2 rings (SSSR count). The fourth-order valence-corrected chi connectivity index (χ4v) is 2.20. The van der Waals surface area contributed by atoms with Crippen LogP contribution in [0.2, 0.25) is 0 Å². The van der Waals surface area contributed by atoms with Gasteiger partial charge in [0.25, 0.3) is 0 Å². The van der Waals surface area contributed by atoms with E-state index in [0.717, 1.165) is 5.56 Å². The summed E-state index contributed by atoms with van der Waals surface area (Å²) < 4.78 is 5.16. The fraction of sp³-hybridized carbons (Fsp3) is 0.429. The van der Waals surface area contributed by atoms with Crippen LogP contribution in [0.15, 0.2) is 30.3 Å². The summed E-state index contributed by atoms with van der Waals surface area (Å²) in [5.74, 6) is -0.262. The number of aliphatic hydroxyl groups excluding tert-OH is 1. The second kappa shape index (κ2) is 5.84. The summed E-state index contributed by atoms with van der Waals surface area (Å²) in [5.41, 5.74) is 0.881. The number of β-amino-alcohol motifs (C(OH)–C–C–N with tert-alkyl or cyclic N) is 1. The minimum atomic E-state index is -0.681. The van der Waals surface area contributed by atoms with Crippen molar-refractivity contribution in [3.05, 3.63) is 35.9 Å². The Hall–Kier alpha value is -1.88. The monoisotopic (exact) mass is 263 g/mol. The molecule has 0 saturated carbocycles. The zero-order chi connectivity index (χ0) is 13.8. The third-order valence-electron chi connectivity index (χ3n) is 3.47. The molecule has 1 amide bonds. The maximum absolute atomic E-state index is 11.9. The quantitative estimate of drug-likeness (QED) is 0.832. The van der Waals surface area contributed by atoms with Crippen molar-refractivity contribution in [2.75, 3.05) is 6.54 Å². The average molecular weight is 263 g/mol. The van der Waals surface area contributed by atoms with Crippen molar-refractivity contribution in [3.63, 3.8) is 0 Å². The highest BCUT2D eigenvalue weighted by Gasteiger charge is 2.41. The molecule has 0 radical (unpaired) electrons. The minimum Gasteiger partial charge on any atom is -0.445 e. The van der Waals surface area contributed by atoms with E-state index in [9.17, 15) is 14.7 Å². The van der Waals surface area contributed by atoms with Gasteiger partial charge in [0.2, 0.25) is 0 Å². The lowest BCUT2D eigenvalue weighted by Gasteiger charge is -2.21. The van der Waals surface area contributed by atoms with E-state index in [1.165, 1.54) is 4.90 Å². The zero-order valence-electron chi connectivity index (χ0n) is 10.7. The van der Waals surface area contributed by atoms with Gasteiger partial charge in [0, 0.05) is 5.92 Å². The molecule has 1 fully saturated rings. The molecule has 1 aromatic rings. The Morgan fingerprint density at radius 2 is 2.16 bits per heavy atom. The number of carbonyl (C=O) groups is 2. The third-order valence-corrected chi connectivity index (χ3v) is 3.47. The molecule has 1 aliphatic rings. The van der Waals surface area contributed by atoms with Crippen LogP contribution >= 0.6 is 0 Å². The van der Waals surface area contributed by atoms with E-state index in [1.54, 1.807) is 6.92 Å². The first-order chi connectivity index (χ1) is 9.13. The first kappa shape index (κ1) is 13.5. The van der Waals surface area contributed by atoms with Crippen LogP contribution in [0.1, 0.15) is 12.5 Å². The molecule has 102 valence electrons. The molecule has 1 aliphatic heterocycles. The van der Waals surface area contributed by atoms with Gasteiger partial charge in [-0.2, -0.15) is 0 Å². The third kappa shape index (κ3) is 2.93. The van der Waals surface area contributed by atoms with Gasteiger partial charge in [0.1, 0.15) is 12.9 Å². The van der Waals surface area contributed by atoms with Gasteiger partial charge in [-0.25, -0.2) is 4.79 Å². The molecule has 3 atom stereocenters. The second-order valence-corrected chi connectivity index (χ2v) is 4.75. The molecule has 0 bridgehead atoms. The Bertz CT molecular complexity index is 448. The molecule has 0 aromatic heterocycles. The maximum Gasteiger partial charge on any atom is 0.410 e. The van der Waals surface area contributed by atoms with Crippen molar-refractivity contribution < 1.29 is 19.4 Å². The minimum absolute atomic E-state index is 0.137. The van der Waals surface area contributed by atoms with Crippen molar-refractivity contribution in [1.29, 1.82) is 0 Å². The van der Waals surface area contributed by atoms with Crippen LogP contribution in [0.3, 0.4) is 0 Å². The molecule has 5 nitrogen and oxygen atoms in total. The van der Waals surface area contributed by atoms with E-state index < -0.39 is 18.2 Å². The summed E-state index contributed by atoms with van der Waals surface area (Å²) in [5, 5.41) is 9.70. The number of hydrogen-bond acceptors (Lipinski definition) is 4. The van der Waals surface area contributed by atoms with Crippen LogP contribution in [-0.2, 0) is 16.1 Å². The van der Waals surface area contributed by atoms with Gasteiger partial charge in [0.05, 0.1) is 18.7 Å².